The number of hydrogen-bond acceptors (Lipinski definition) is 3. The molecule has 0 aliphatic heterocycles. The van der Waals surface area contributed by atoms with E-state index in [0.717, 1.165) is 11.1 Å². The average molecular weight is 285 g/mol. The number of alkyl halides is 3. The summed E-state index contributed by atoms with van der Waals surface area (Å²) >= 11 is 0. The summed E-state index contributed by atoms with van der Waals surface area (Å²) in [5, 5.41) is 9.79. The molecule has 7 heteroatoms. The van der Waals surface area contributed by atoms with Crippen LogP contribution in [0, 0.1) is 0 Å². The van der Waals surface area contributed by atoms with E-state index in [2.05, 4.69) is 20.3 Å². The van der Waals surface area contributed by atoms with Crippen molar-refractivity contribution in [2.75, 3.05) is 0 Å². The van der Waals surface area contributed by atoms with Crippen LogP contribution in [0.4, 0.5) is 13.2 Å². The molecule has 1 atom stereocenters. The van der Waals surface area contributed by atoms with Crippen molar-refractivity contribution < 1.29 is 17.9 Å². The second-order valence-electron chi connectivity index (χ2n) is 4.33. The summed E-state index contributed by atoms with van der Waals surface area (Å²) in [5.74, 6) is -0.219. The number of benzene rings is 1. The second-order valence-corrected chi connectivity index (χ2v) is 4.33. The van der Waals surface area contributed by atoms with Crippen molar-refractivity contribution in [3.05, 3.63) is 47.8 Å². The van der Waals surface area contributed by atoms with Crippen LogP contribution < -0.4 is 10.1 Å². The molecule has 108 valence electrons. The number of hydrogen-bond donors (Lipinski definition) is 2. The molecule has 2 N–H and O–H groups in total. The van der Waals surface area contributed by atoms with E-state index in [4.69, 9.17) is 0 Å². The molecule has 0 aliphatic carbocycles. The predicted octanol–water partition coefficient (Wildman–Crippen LogP) is 3.16. The van der Waals surface area contributed by atoms with Crippen molar-refractivity contribution in [2.24, 2.45) is 0 Å². The Balaban J connectivity index is 1.91. The van der Waals surface area contributed by atoms with Gasteiger partial charge in [0.05, 0.1) is 6.20 Å². The summed E-state index contributed by atoms with van der Waals surface area (Å²) < 4.78 is 39.9. The molecule has 4 nitrogen and oxygen atoms in total. The molecule has 1 aromatic heterocycles. The predicted molar refractivity (Wildman–Crippen MR) is 67.0 cm³/mol. The van der Waals surface area contributed by atoms with E-state index in [0.29, 0.717) is 6.54 Å². The Bertz CT molecular complexity index is 523. The Hall–Kier alpha value is -2.02. The highest BCUT2D eigenvalue weighted by atomic mass is 19.4. The van der Waals surface area contributed by atoms with Crippen LogP contribution >= 0.6 is 0 Å². The lowest BCUT2D eigenvalue weighted by Gasteiger charge is -2.14. The average Bonchev–Trinajstić information content (AvgIpc) is 2.88. The van der Waals surface area contributed by atoms with E-state index in [9.17, 15) is 13.2 Å². The highest BCUT2D eigenvalue weighted by Crippen LogP contribution is 2.24. The smallest absolute Gasteiger partial charge is 0.406 e. The Labute approximate surface area is 114 Å². The SMILES string of the molecule is CC(NCc1cn[nH]c1)c1ccc(OC(F)(F)F)cc1. The summed E-state index contributed by atoms with van der Waals surface area (Å²) in [6, 6.07) is 5.82. The fraction of sp³-hybridized carbons (Fsp3) is 0.308. The van der Waals surface area contributed by atoms with Gasteiger partial charge in [0.1, 0.15) is 5.75 Å². The number of halogens is 3. The molecule has 0 fully saturated rings. The molecule has 20 heavy (non-hydrogen) atoms. The summed E-state index contributed by atoms with van der Waals surface area (Å²) in [4.78, 5) is 0. The van der Waals surface area contributed by atoms with Crippen LogP contribution in [0.2, 0.25) is 0 Å². The maximum atomic E-state index is 12.0. The Morgan fingerprint density at radius 3 is 2.55 bits per heavy atom. The maximum absolute atomic E-state index is 12.0. The van der Waals surface area contributed by atoms with Crippen LogP contribution in [0.5, 0.6) is 5.75 Å². The van der Waals surface area contributed by atoms with Crippen molar-refractivity contribution in [1.29, 1.82) is 0 Å². The summed E-state index contributed by atoms with van der Waals surface area (Å²) in [6.07, 6.45) is -1.17. The molecule has 0 aliphatic rings. The first kappa shape index (κ1) is 14.4. The molecule has 0 spiro atoms. The molecule has 1 heterocycles. The zero-order valence-electron chi connectivity index (χ0n) is 10.7. The fourth-order valence-electron chi connectivity index (χ4n) is 1.72. The van der Waals surface area contributed by atoms with Crippen molar-refractivity contribution in [1.82, 2.24) is 15.5 Å². The van der Waals surface area contributed by atoms with Gasteiger partial charge in [-0.15, -0.1) is 13.2 Å². The van der Waals surface area contributed by atoms with E-state index in [1.807, 2.05) is 6.92 Å². The van der Waals surface area contributed by atoms with Crippen molar-refractivity contribution in [3.63, 3.8) is 0 Å². The number of ether oxygens (including phenoxy) is 1. The van der Waals surface area contributed by atoms with Gasteiger partial charge in [0, 0.05) is 24.3 Å². The van der Waals surface area contributed by atoms with E-state index >= 15 is 0 Å². The van der Waals surface area contributed by atoms with Crippen LogP contribution in [0.1, 0.15) is 24.1 Å². The van der Waals surface area contributed by atoms with Gasteiger partial charge >= 0.3 is 6.36 Å². The minimum absolute atomic E-state index is 0.00448. The highest BCUT2D eigenvalue weighted by molar-refractivity contribution is 5.29. The third-order valence-corrected chi connectivity index (χ3v) is 2.78. The van der Waals surface area contributed by atoms with Crippen LogP contribution in [0.15, 0.2) is 36.7 Å². The lowest BCUT2D eigenvalue weighted by Crippen LogP contribution is -2.18. The second kappa shape index (κ2) is 5.96. The summed E-state index contributed by atoms with van der Waals surface area (Å²) in [7, 11) is 0. The quantitative estimate of drug-likeness (QED) is 0.887. The number of rotatable bonds is 5. The Morgan fingerprint density at radius 2 is 2.00 bits per heavy atom. The first-order valence-corrected chi connectivity index (χ1v) is 6.01. The van der Waals surface area contributed by atoms with Gasteiger partial charge in [-0.3, -0.25) is 5.10 Å². The zero-order chi connectivity index (χ0) is 14.6. The lowest BCUT2D eigenvalue weighted by molar-refractivity contribution is -0.274. The molecule has 0 radical (unpaired) electrons. The van der Waals surface area contributed by atoms with Crippen LogP contribution in [-0.4, -0.2) is 16.6 Å². The molecule has 1 unspecified atom stereocenters. The van der Waals surface area contributed by atoms with Crippen LogP contribution in [-0.2, 0) is 6.54 Å². The highest BCUT2D eigenvalue weighted by Gasteiger charge is 2.30. The molecular weight excluding hydrogens is 271 g/mol. The van der Waals surface area contributed by atoms with Crippen LogP contribution in [0.25, 0.3) is 0 Å². The molecule has 0 saturated carbocycles. The van der Waals surface area contributed by atoms with Gasteiger partial charge < -0.3 is 10.1 Å². The fourth-order valence-corrected chi connectivity index (χ4v) is 1.72. The van der Waals surface area contributed by atoms with E-state index in [1.54, 1.807) is 24.5 Å². The zero-order valence-corrected chi connectivity index (χ0v) is 10.7. The first-order chi connectivity index (χ1) is 9.44. The minimum Gasteiger partial charge on any atom is -0.406 e. The number of H-pyrrole nitrogens is 1. The number of aromatic nitrogens is 2. The summed E-state index contributed by atoms with van der Waals surface area (Å²) in [6.45, 7) is 2.55. The molecule has 0 saturated heterocycles. The molecule has 0 bridgehead atoms. The number of nitrogens with zero attached hydrogens (tertiary/aromatic N) is 1. The van der Waals surface area contributed by atoms with E-state index in [-0.39, 0.29) is 11.8 Å². The van der Waals surface area contributed by atoms with Crippen molar-refractivity contribution in [2.45, 2.75) is 25.9 Å². The van der Waals surface area contributed by atoms with Gasteiger partial charge in [-0.1, -0.05) is 12.1 Å². The molecule has 2 rings (SSSR count). The van der Waals surface area contributed by atoms with Gasteiger partial charge in [0.25, 0.3) is 0 Å². The largest absolute Gasteiger partial charge is 0.573 e. The first-order valence-electron chi connectivity index (χ1n) is 6.01. The van der Waals surface area contributed by atoms with Crippen molar-refractivity contribution in [3.8, 4) is 5.75 Å². The summed E-state index contributed by atoms with van der Waals surface area (Å²) in [5.41, 5.74) is 1.89. The normalized spacial score (nSPS) is 13.2. The lowest BCUT2D eigenvalue weighted by atomic mass is 10.1. The van der Waals surface area contributed by atoms with Gasteiger partial charge in [-0.2, -0.15) is 5.10 Å². The topological polar surface area (TPSA) is 49.9 Å². The van der Waals surface area contributed by atoms with Gasteiger partial charge in [-0.25, -0.2) is 0 Å². The monoisotopic (exact) mass is 285 g/mol. The molecule has 2 aromatic rings. The molecule has 0 amide bonds. The van der Waals surface area contributed by atoms with E-state index < -0.39 is 6.36 Å². The number of aromatic amines is 1. The third-order valence-electron chi connectivity index (χ3n) is 2.78. The van der Waals surface area contributed by atoms with Gasteiger partial charge in [0.2, 0.25) is 0 Å². The Morgan fingerprint density at radius 1 is 1.30 bits per heavy atom. The van der Waals surface area contributed by atoms with Gasteiger partial charge in [0.15, 0.2) is 0 Å². The molecule has 1 aromatic carbocycles. The van der Waals surface area contributed by atoms with Gasteiger partial charge in [-0.05, 0) is 24.6 Å². The van der Waals surface area contributed by atoms with E-state index in [1.165, 1.54) is 12.1 Å². The standard InChI is InChI=1S/C13H14F3N3O/c1-9(17-6-10-7-18-19-8-10)11-2-4-12(5-3-11)20-13(14,15)16/h2-5,7-9,17H,6H2,1H3,(H,18,19). The Kier molecular flexibility index (Phi) is 4.29. The molecular formula is C13H14F3N3O. The van der Waals surface area contributed by atoms with Crippen molar-refractivity contribution >= 4 is 0 Å². The third kappa shape index (κ3) is 4.27. The number of nitrogens with one attached hydrogen (secondary N) is 2. The van der Waals surface area contributed by atoms with Crippen LogP contribution in [0.3, 0.4) is 0 Å². The minimum atomic E-state index is -4.66. The maximum Gasteiger partial charge on any atom is 0.573 e.